The molecule has 0 saturated heterocycles. The molecule has 0 saturated carbocycles. The van der Waals surface area contributed by atoms with E-state index in [9.17, 15) is 14.4 Å². The molecule has 0 N–H and O–H groups in total. The van der Waals surface area contributed by atoms with Gasteiger partial charge in [-0.2, -0.15) is 0 Å². The van der Waals surface area contributed by atoms with Gasteiger partial charge in [-0.05, 0) is 18.9 Å². The number of Topliss-reactive ketones (excluding diaryl/α,β-unsaturated/α-hetero) is 1. The summed E-state index contributed by atoms with van der Waals surface area (Å²) >= 11 is 0. The van der Waals surface area contributed by atoms with Crippen LogP contribution in [0.15, 0.2) is 42.6 Å². The van der Waals surface area contributed by atoms with Crippen molar-refractivity contribution in [2.45, 2.75) is 65.8 Å². The molecule has 36 heavy (non-hydrogen) atoms. The van der Waals surface area contributed by atoms with Crippen molar-refractivity contribution in [2.75, 3.05) is 13.9 Å². The number of benzene rings is 1. The minimum absolute atomic E-state index is 0.0238. The number of hydrogen-bond acceptors (Lipinski definition) is 9. The fourth-order valence-electron chi connectivity index (χ4n) is 3.45. The monoisotopic (exact) mass is 501 g/mol. The standard InChI is InChI=1S/C27H35NO8/c1-6-10-23(33-16-21-11-8-7-9-12-21)19(3)36-27(31)18(2)15-22(30)25-26(35-17-34-20(4)29)24(32-5)13-14-28-25/h7-9,11-14,18-19,23H,6,10,15-17H2,1-5H3/t18-,19+,23-/m1/s1. The first-order chi connectivity index (χ1) is 17.3. The molecule has 0 radical (unpaired) electrons. The lowest BCUT2D eigenvalue weighted by Gasteiger charge is -2.25. The van der Waals surface area contributed by atoms with Gasteiger partial charge >= 0.3 is 11.9 Å². The topological polar surface area (TPSA) is 110 Å². The number of pyridine rings is 1. The maximum Gasteiger partial charge on any atom is 0.309 e. The Kier molecular flexibility index (Phi) is 11.9. The average Bonchev–Trinajstić information content (AvgIpc) is 2.86. The molecule has 9 heteroatoms. The van der Waals surface area contributed by atoms with Gasteiger partial charge in [0.15, 0.2) is 23.0 Å². The Hall–Kier alpha value is -3.46. The summed E-state index contributed by atoms with van der Waals surface area (Å²) in [7, 11) is 1.41. The molecule has 0 aliphatic heterocycles. The number of methoxy groups -OCH3 is 1. The second-order valence-corrected chi connectivity index (χ2v) is 8.38. The predicted octanol–water partition coefficient (Wildman–Crippen LogP) is 4.52. The minimum Gasteiger partial charge on any atom is -0.493 e. The zero-order valence-corrected chi connectivity index (χ0v) is 21.5. The molecule has 0 amide bonds. The summed E-state index contributed by atoms with van der Waals surface area (Å²) in [6.45, 7) is 6.70. The fourth-order valence-corrected chi connectivity index (χ4v) is 3.45. The van der Waals surface area contributed by atoms with Crippen molar-refractivity contribution in [3.8, 4) is 11.5 Å². The van der Waals surface area contributed by atoms with Gasteiger partial charge in [0.05, 0.1) is 25.7 Å². The van der Waals surface area contributed by atoms with E-state index in [1.54, 1.807) is 13.8 Å². The van der Waals surface area contributed by atoms with E-state index >= 15 is 0 Å². The van der Waals surface area contributed by atoms with Crippen LogP contribution in [-0.4, -0.2) is 48.8 Å². The highest BCUT2D eigenvalue weighted by Gasteiger charge is 2.28. The Labute approximate surface area is 212 Å². The van der Waals surface area contributed by atoms with Crippen molar-refractivity contribution in [1.29, 1.82) is 0 Å². The largest absolute Gasteiger partial charge is 0.493 e. The fraction of sp³-hybridized carbons (Fsp3) is 0.481. The van der Waals surface area contributed by atoms with Gasteiger partial charge in [0.2, 0.25) is 6.79 Å². The second-order valence-electron chi connectivity index (χ2n) is 8.38. The summed E-state index contributed by atoms with van der Waals surface area (Å²) in [6, 6.07) is 11.3. The van der Waals surface area contributed by atoms with Crippen molar-refractivity contribution < 1.29 is 38.1 Å². The Bertz CT molecular complexity index is 995. The lowest BCUT2D eigenvalue weighted by molar-refractivity contribution is -0.161. The molecule has 0 aliphatic carbocycles. The van der Waals surface area contributed by atoms with Crippen molar-refractivity contribution in [3.63, 3.8) is 0 Å². The Morgan fingerprint density at radius 1 is 1.06 bits per heavy atom. The molecule has 0 bridgehead atoms. The van der Waals surface area contributed by atoms with Crippen molar-refractivity contribution in [2.24, 2.45) is 5.92 Å². The van der Waals surface area contributed by atoms with Crippen LogP contribution in [0, 0.1) is 5.92 Å². The summed E-state index contributed by atoms with van der Waals surface area (Å²) in [4.78, 5) is 40.9. The van der Waals surface area contributed by atoms with Gasteiger partial charge in [-0.25, -0.2) is 4.98 Å². The van der Waals surface area contributed by atoms with Crippen LogP contribution in [0.3, 0.4) is 0 Å². The number of hydrogen-bond donors (Lipinski definition) is 0. The maximum absolute atomic E-state index is 13.0. The third-order valence-electron chi connectivity index (χ3n) is 5.42. The van der Waals surface area contributed by atoms with E-state index in [1.165, 1.54) is 26.3 Å². The number of ether oxygens (including phenoxy) is 5. The molecule has 196 valence electrons. The highest BCUT2D eigenvalue weighted by Crippen LogP contribution is 2.31. The zero-order valence-electron chi connectivity index (χ0n) is 21.5. The van der Waals surface area contributed by atoms with E-state index in [4.69, 9.17) is 23.7 Å². The summed E-state index contributed by atoms with van der Waals surface area (Å²) in [5, 5.41) is 0. The van der Waals surface area contributed by atoms with E-state index < -0.39 is 36.5 Å². The van der Waals surface area contributed by atoms with E-state index in [0.717, 1.165) is 18.4 Å². The summed E-state index contributed by atoms with van der Waals surface area (Å²) in [6.07, 6.45) is 2.08. The lowest BCUT2D eigenvalue weighted by atomic mass is 10.0. The van der Waals surface area contributed by atoms with Gasteiger partial charge in [-0.1, -0.05) is 50.6 Å². The van der Waals surface area contributed by atoms with Crippen LogP contribution in [0.4, 0.5) is 0 Å². The van der Waals surface area contributed by atoms with Crippen LogP contribution in [0.5, 0.6) is 11.5 Å². The molecule has 3 atom stereocenters. The van der Waals surface area contributed by atoms with Gasteiger partial charge in [0, 0.05) is 25.6 Å². The van der Waals surface area contributed by atoms with Crippen LogP contribution in [0.1, 0.15) is 63.0 Å². The maximum atomic E-state index is 13.0. The molecule has 1 aromatic heterocycles. The average molecular weight is 502 g/mol. The third-order valence-corrected chi connectivity index (χ3v) is 5.42. The van der Waals surface area contributed by atoms with Crippen molar-refractivity contribution in [3.05, 3.63) is 53.9 Å². The SMILES string of the molecule is CCC[C@@H](OCc1ccccc1)[C@H](C)OC(=O)[C@H](C)CC(=O)c1nccc(OC)c1OCOC(C)=O. The first-order valence-corrected chi connectivity index (χ1v) is 11.9. The zero-order chi connectivity index (χ0) is 26.5. The molecule has 1 heterocycles. The Balaban J connectivity index is 2.00. The smallest absolute Gasteiger partial charge is 0.309 e. The molecule has 0 aliphatic rings. The molecule has 2 rings (SSSR count). The Morgan fingerprint density at radius 3 is 2.42 bits per heavy atom. The van der Waals surface area contributed by atoms with Crippen LogP contribution in [0.2, 0.25) is 0 Å². The van der Waals surface area contributed by atoms with Gasteiger partial charge in [0.25, 0.3) is 0 Å². The summed E-state index contributed by atoms with van der Waals surface area (Å²) < 4.78 is 27.2. The molecule has 0 unspecified atom stereocenters. The van der Waals surface area contributed by atoms with E-state index in [2.05, 4.69) is 4.98 Å². The molecular formula is C27H35NO8. The van der Waals surface area contributed by atoms with Gasteiger partial charge in [-0.15, -0.1) is 0 Å². The Morgan fingerprint density at radius 2 is 1.78 bits per heavy atom. The number of rotatable bonds is 15. The molecular weight excluding hydrogens is 466 g/mol. The first-order valence-electron chi connectivity index (χ1n) is 11.9. The predicted molar refractivity (Wildman–Crippen MR) is 132 cm³/mol. The van der Waals surface area contributed by atoms with Crippen LogP contribution in [-0.2, 0) is 30.4 Å². The number of carbonyl (C=O) groups excluding carboxylic acids is 3. The highest BCUT2D eigenvalue weighted by atomic mass is 16.7. The van der Waals surface area contributed by atoms with Crippen LogP contribution < -0.4 is 9.47 Å². The van der Waals surface area contributed by atoms with E-state index in [-0.39, 0.29) is 29.7 Å². The number of aromatic nitrogens is 1. The van der Waals surface area contributed by atoms with Crippen LogP contribution >= 0.6 is 0 Å². The molecule has 0 fully saturated rings. The number of esters is 2. The molecule has 0 spiro atoms. The third kappa shape index (κ3) is 8.96. The first kappa shape index (κ1) is 28.8. The summed E-state index contributed by atoms with van der Waals surface area (Å²) in [5.74, 6) is -1.92. The quantitative estimate of drug-likeness (QED) is 0.198. The van der Waals surface area contributed by atoms with E-state index in [0.29, 0.717) is 6.61 Å². The number of ketones is 1. The molecule has 1 aromatic carbocycles. The molecule has 2 aromatic rings. The second kappa shape index (κ2) is 14.8. The molecule has 9 nitrogen and oxygen atoms in total. The van der Waals surface area contributed by atoms with Crippen molar-refractivity contribution in [1.82, 2.24) is 4.98 Å². The van der Waals surface area contributed by atoms with Gasteiger partial charge in [-0.3, -0.25) is 14.4 Å². The van der Waals surface area contributed by atoms with Crippen LogP contribution in [0.25, 0.3) is 0 Å². The normalized spacial score (nSPS) is 13.2. The van der Waals surface area contributed by atoms with E-state index in [1.807, 2.05) is 37.3 Å². The lowest BCUT2D eigenvalue weighted by Crippen LogP contribution is -2.33. The summed E-state index contributed by atoms with van der Waals surface area (Å²) in [5.41, 5.74) is 1.01. The van der Waals surface area contributed by atoms with Crippen molar-refractivity contribution >= 4 is 17.7 Å². The number of carbonyl (C=O) groups is 3. The van der Waals surface area contributed by atoms with Gasteiger partial charge < -0.3 is 23.7 Å². The highest BCUT2D eigenvalue weighted by molar-refractivity contribution is 5.99. The number of nitrogens with zero attached hydrogens (tertiary/aromatic N) is 1. The minimum atomic E-state index is -0.731. The van der Waals surface area contributed by atoms with Gasteiger partial charge in [0.1, 0.15) is 6.10 Å².